The average Bonchev–Trinajstić information content (AvgIpc) is 3.13. The van der Waals surface area contributed by atoms with Crippen LogP contribution in [-0.4, -0.2) is 15.0 Å². The second kappa shape index (κ2) is 7.55. The quantitative estimate of drug-likeness (QED) is 0.443. The van der Waals surface area contributed by atoms with Crippen molar-refractivity contribution in [3.8, 4) is 0 Å². The zero-order valence-corrected chi connectivity index (χ0v) is 16.3. The monoisotopic (exact) mass is 393 g/mol. The Morgan fingerprint density at radius 2 is 1.41 bits per heavy atom. The molecule has 0 spiro atoms. The normalized spacial score (nSPS) is 11.6. The second-order valence-corrected chi connectivity index (χ2v) is 9.17. The number of fused-ring (bicyclic) bond motifs is 1. The molecule has 1 aromatic heterocycles. The molecule has 0 aliphatic heterocycles. The molecule has 0 bridgehead atoms. The van der Waals surface area contributed by atoms with Crippen molar-refractivity contribution in [1.29, 1.82) is 0 Å². The summed E-state index contributed by atoms with van der Waals surface area (Å²) in [4.78, 5) is 0.315. The zero-order valence-electron chi connectivity index (χ0n) is 14.7. The molecule has 5 heteroatoms. The number of rotatable bonds is 6. The van der Waals surface area contributed by atoms with Crippen LogP contribution in [0.2, 0.25) is 0 Å². The minimum Gasteiger partial charge on any atom is -0.257 e. The predicted molar refractivity (Wildman–Crippen MR) is 113 cm³/mol. The lowest BCUT2D eigenvalue weighted by Crippen LogP contribution is -2.32. The van der Waals surface area contributed by atoms with E-state index in [-0.39, 0.29) is 0 Å². The maximum atomic E-state index is 13.4. The van der Waals surface area contributed by atoms with Gasteiger partial charge in [0.25, 0.3) is 10.0 Å². The van der Waals surface area contributed by atoms with Crippen LogP contribution in [0.15, 0.2) is 95.9 Å². The van der Waals surface area contributed by atoms with Gasteiger partial charge in [-0.05, 0) is 41.6 Å². The maximum absolute atomic E-state index is 13.4. The van der Waals surface area contributed by atoms with E-state index in [1.54, 1.807) is 28.6 Å². The van der Waals surface area contributed by atoms with E-state index in [1.165, 1.54) is 11.3 Å². The minimum atomic E-state index is -3.63. The lowest BCUT2D eigenvalue weighted by atomic mass is 10.1. The first-order valence-electron chi connectivity index (χ1n) is 8.75. The van der Waals surface area contributed by atoms with Crippen LogP contribution < -0.4 is 4.31 Å². The molecule has 0 saturated carbocycles. The third kappa shape index (κ3) is 3.75. The molecule has 0 aliphatic rings. The third-order valence-electron chi connectivity index (χ3n) is 4.44. The van der Waals surface area contributed by atoms with Gasteiger partial charge in [-0.25, -0.2) is 8.42 Å². The van der Waals surface area contributed by atoms with E-state index < -0.39 is 10.0 Å². The zero-order chi connectivity index (χ0) is 18.7. The first-order valence-corrected chi connectivity index (χ1v) is 11.0. The van der Waals surface area contributed by atoms with E-state index in [2.05, 4.69) is 0 Å². The minimum absolute atomic E-state index is 0.315. The van der Waals surface area contributed by atoms with Gasteiger partial charge >= 0.3 is 0 Å². The molecule has 0 saturated heterocycles. The van der Waals surface area contributed by atoms with Crippen molar-refractivity contribution in [3.05, 3.63) is 96.6 Å². The highest BCUT2D eigenvalue weighted by molar-refractivity contribution is 7.93. The van der Waals surface area contributed by atoms with E-state index in [0.29, 0.717) is 17.9 Å². The highest BCUT2D eigenvalue weighted by Crippen LogP contribution is 2.35. The first-order chi connectivity index (χ1) is 13.1. The fourth-order valence-electron chi connectivity index (χ4n) is 3.03. The number of benzene rings is 3. The molecule has 3 aromatic carbocycles. The molecule has 0 radical (unpaired) electrons. The number of anilines is 1. The first kappa shape index (κ1) is 17.8. The molecule has 136 valence electrons. The Morgan fingerprint density at radius 3 is 2.11 bits per heavy atom. The van der Waals surface area contributed by atoms with Crippen LogP contribution in [0, 0.1) is 0 Å². The van der Waals surface area contributed by atoms with Gasteiger partial charge < -0.3 is 0 Å². The molecule has 0 fully saturated rings. The Morgan fingerprint density at radius 1 is 0.778 bits per heavy atom. The lowest BCUT2D eigenvalue weighted by molar-refractivity contribution is 0.591. The summed E-state index contributed by atoms with van der Waals surface area (Å²) in [5.41, 5.74) is 1.12. The summed E-state index contributed by atoms with van der Waals surface area (Å²) in [6, 6.07) is 28.6. The molecule has 0 atom stereocenters. The van der Waals surface area contributed by atoms with Crippen LogP contribution in [-0.2, 0) is 16.4 Å². The second-order valence-electron chi connectivity index (χ2n) is 6.25. The molecule has 0 amide bonds. The van der Waals surface area contributed by atoms with E-state index >= 15 is 0 Å². The average molecular weight is 394 g/mol. The Hall–Kier alpha value is -2.63. The van der Waals surface area contributed by atoms with Gasteiger partial charge in [0.1, 0.15) is 5.00 Å². The lowest BCUT2D eigenvalue weighted by Gasteiger charge is -2.23. The maximum Gasteiger partial charge on any atom is 0.264 e. The van der Waals surface area contributed by atoms with Crippen molar-refractivity contribution in [2.75, 3.05) is 10.8 Å². The highest BCUT2D eigenvalue weighted by atomic mass is 32.2. The van der Waals surface area contributed by atoms with Crippen LogP contribution >= 0.6 is 11.3 Å². The van der Waals surface area contributed by atoms with E-state index in [4.69, 9.17) is 0 Å². The molecule has 0 aliphatic carbocycles. The molecule has 4 rings (SSSR count). The van der Waals surface area contributed by atoms with Gasteiger partial charge in [-0.3, -0.25) is 4.31 Å². The summed E-state index contributed by atoms with van der Waals surface area (Å²) in [5, 5.41) is 1.81. The summed E-state index contributed by atoms with van der Waals surface area (Å²) in [5.74, 6) is 0. The van der Waals surface area contributed by atoms with Crippen molar-refractivity contribution in [1.82, 2.24) is 0 Å². The van der Waals surface area contributed by atoms with Crippen LogP contribution in [0.1, 0.15) is 5.56 Å². The largest absolute Gasteiger partial charge is 0.264 e. The van der Waals surface area contributed by atoms with Gasteiger partial charge in [-0.15, -0.1) is 11.3 Å². The summed E-state index contributed by atoms with van der Waals surface area (Å²) < 4.78 is 29.4. The Bertz CT molecular complexity index is 1100. The summed E-state index contributed by atoms with van der Waals surface area (Å²) in [7, 11) is -3.63. The van der Waals surface area contributed by atoms with E-state index in [9.17, 15) is 8.42 Å². The van der Waals surface area contributed by atoms with Crippen molar-refractivity contribution < 1.29 is 8.42 Å². The molecule has 0 unspecified atom stereocenters. The fourth-order valence-corrected chi connectivity index (χ4v) is 5.81. The molecular weight excluding hydrogens is 374 g/mol. The van der Waals surface area contributed by atoms with Gasteiger partial charge in [0.2, 0.25) is 0 Å². The van der Waals surface area contributed by atoms with Crippen LogP contribution in [0.25, 0.3) is 10.1 Å². The Balaban J connectivity index is 1.74. The van der Waals surface area contributed by atoms with Crippen molar-refractivity contribution in [2.24, 2.45) is 0 Å². The van der Waals surface area contributed by atoms with Crippen LogP contribution in [0.4, 0.5) is 5.00 Å². The standard InChI is InChI=1S/C22H19NO2S2/c24-27(25,20-12-5-2-6-13-20)23(16-15-18-9-3-1-4-10-18)22-17-19-11-7-8-14-21(19)26-22/h1-14,17H,15-16H2. The fraction of sp³-hybridized carbons (Fsp3) is 0.0909. The number of sulfonamides is 1. The molecule has 4 aromatic rings. The molecule has 0 N–H and O–H groups in total. The summed E-state index contributed by atoms with van der Waals surface area (Å²) in [6.45, 7) is 0.397. The number of hydrogen-bond acceptors (Lipinski definition) is 3. The van der Waals surface area contributed by atoms with Gasteiger partial charge in [-0.1, -0.05) is 66.7 Å². The number of hydrogen-bond donors (Lipinski definition) is 0. The van der Waals surface area contributed by atoms with Crippen molar-refractivity contribution >= 4 is 36.4 Å². The van der Waals surface area contributed by atoms with Gasteiger partial charge in [0.15, 0.2) is 0 Å². The van der Waals surface area contributed by atoms with Crippen LogP contribution in [0.5, 0.6) is 0 Å². The SMILES string of the molecule is O=S(=O)(c1ccccc1)N(CCc1ccccc1)c1cc2ccccc2s1. The summed E-state index contributed by atoms with van der Waals surface area (Å²) in [6.07, 6.45) is 0.654. The third-order valence-corrected chi connectivity index (χ3v) is 7.52. The van der Waals surface area contributed by atoms with E-state index in [0.717, 1.165) is 20.7 Å². The molecular formula is C22H19NO2S2. The van der Waals surface area contributed by atoms with Gasteiger partial charge in [0, 0.05) is 11.2 Å². The predicted octanol–water partition coefficient (Wildman–Crippen LogP) is 5.34. The van der Waals surface area contributed by atoms with Gasteiger partial charge in [0.05, 0.1) is 4.90 Å². The van der Waals surface area contributed by atoms with Gasteiger partial charge in [-0.2, -0.15) is 0 Å². The van der Waals surface area contributed by atoms with Crippen molar-refractivity contribution in [3.63, 3.8) is 0 Å². The topological polar surface area (TPSA) is 37.4 Å². The highest BCUT2D eigenvalue weighted by Gasteiger charge is 2.26. The van der Waals surface area contributed by atoms with Crippen LogP contribution in [0.3, 0.4) is 0 Å². The molecule has 3 nitrogen and oxygen atoms in total. The Labute approximate surface area is 163 Å². The summed E-state index contributed by atoms with van der Waals surface area (Å²) >= 11 is 1.51. The molecule has 27 heavy (non-hydrogen) atoms. The Kier molecular flexibility index (Phi) is 4.97. The number of thiophene rings is 1. The van der Waals surface area contributed by atoms with E-state index in [1.807, 2.05) is 66.7 Å². The number of nitrogens with zero attached hydrogens (tertiary/aromatic N) is 1. The van der Waals surface area contributed by atoms with Crippen molar-refractivity contribution in [2.45, 2.75) is 11.3 Å². The molecule has 1 heterocycles. The smallest absolute Gasteiger partial charge is 0.257 e.